The molecule has 4 nitrogen and oxygen atoms in total. The molecule has 4 heterocycles. The summed E-state index contributed by atoms with van der Waals surface area (Å²) in [5.41, 5.74) is 16.4. The molecule has 9 aromatic carbocycles. The lowest BCUT2D eigenvalue weighted by atomic mass is 9.82. The molecule has 0 spiro atoms. The van der Waals surface area contributed by atoms with Crippen molar-refractivity contribution in [3.05, 3.63) is 216 Å². The van der Waals surface area contributed by atoms with Gasteiger partial charge in [0.2, 0.25) is 0 Å². The average molecular weight is 867 g/mol. The van der Waals surface area contributed by atoms with E-state index in [1.165, 1.54) is 54.8 Å². The van der Waals surface area contributed by atoms with Crippen molar-refractivity contribution in [1.82, 2.24) is 4.40 Å². The maximum absolute atomic E-state index is 7.10. The highest BCUT2D eigenvalue weighted by atomic mass is 16.3. The summed E-state index contributed by atoms with van der Waals surface area (Å²) in [6.45, 7) is 13.6. The van der Waals surface area contributed by atoms with Crippen LogP contribution in [0.5, 0.6) is 0 Å². The first-order valence-corrected chi connectivity index (χ1v) is 23.6. The monoisotopic (exact) mass is 866 g/mol. The molecule has 1 atom stereocenters. The molecule has 0 radical (unpaired) electrons. The minimum absolute atomic E-state index is 0.0729. The van der Waals surface area contributed by atoms with E-state index in [0.29, 0.717) is 0 Å². The lowest BCUT2D eigenvalue weighted by Crippen LogP contribution is -2.11. The van der Waals surface area contributed by atoms with Crippen molar-refractivity contribution in [2.24, 2.45) is 0 Å². The molecule has 0 aliphatic heterocycles. The van der Waals surface area contributed by atoms with Gasteiger partial charge in [-0.15, -0.1) is 0 Å². The maximum Gasteiger partial charge on any atom is 0.159 e. The summed E-state index contributed by atoms with van der Waals surface area (Å²) >= 11 is 0. The van der Waals surface area contributed by atoms with Crippen LogP contribution < -0.4 is 4.90 Å². The van der Waals surface area contributed by atoms with Crippen LogP contribution in [0.4, 0.5) is 17.1 Å². The van der Waals surface area contributed by atoms with E-state index < -0.39 is 0 Å². The largest absolute Gasteiger partial charge is 0.455 e. The van der Waals surface area contributed by atoms with Crippen LogP contribution in [-0.2, 0) is 10.8 Å². The van der Waals surface area contributed by atoms with Gasteiger partial charge in [-0.2, -0.15) is 0 Å². The van der Waals surface area contributed by atoms with E-state index in [2.05, 4.69) is 239 Å². The number of anilines is 3. The number of hydrogen-bond donors (Lipinski definition) is 0. The number of furan rings is 2. The third-order valence-electron chi connectivity index (χ3n) is 14.3. The molecule has 67 heavy (non-hydrogen) atoms. The summed E-state index contributed by atoms with van der Waals surface area (Å²) in [4.78, 5) is 2.41. The van der Waals surface area contributed by atoms with Gasteiger partial charge in [0.05, 0.1) is 27.9 Å². The van der Waals surface area contributed by atoms with E-state index in [9.17, 15) is 0 Å². The summed E-state index contributed by atoms with van der Waals surface area (Å²) in [5, 5.41) is 9.46. The molecule has 0 N–H and O–H groups in total. The molecule has 13 rings (SSSR count). The van der Waals surface area contributed by atoms with Gasteiger partial charge >= 0.3 is 0 Å². The molecule has 0 bridgehead atoms. The second-order valence-electron chi connectivity index (χ2n) is 20.4. The second-order valence-corrected chi connectivity index (χ2v) is 20.4. The minimum Gasteiger partial charge on any atom is -0.455 e. The predicted molar refractivity (Wildman–Crippen MR) is 282 cm³/mol. The third-order valence-corrected chi connectivity index (χ3v) is 14.3. The highest BCUT2D eigenvalue weighted by Gasteiger charge is 2.31. The molecule has 0 saturated carbocycles. The molecular formula is C63H50N2O2. The number of rotatable bonds is 6. The fourth-order valence-electron chi connectivity index (χ4n) is 11.4. The van der Waals surface area contributed by atoms with Crippen molar-refractivity contribution in [3.63, 3.8) is 0 Å². The quantitative estimate of drug-likeness (QED) is 0.156. The van der Waals surface area contributed by atoms with Gasteiger partial charge in [0.15, 0.2) is 5.58 Å². The van der Waals surface area contributed by atoms with Crippen LogP contribution >= 0.6 is 0 Å². The molecule has 0 aliphatic rings. The van der Waals surface area contributed by atoms with Crippen molar-refractivity contribution < 1.29 is 8.83 Å². The fourth-order valence-corrected chi connectivity index (χ4v) is 11.4. The number of fused-ring (bicyclic) bond motifs is 12. The molecule has 0 fully saturated rings. The first-order valence-electron chi connectivity index (χ1n) is 23.6. The van der Waals surface area contributed by atoms with Crippen LogP contribution in [0.2, 0.25) is 0 Å². The molecule has 0 amide bonds. The summed E-state index contributed by atoms with van der Waals surface area (Å²) in [6, 6.07) is 68.8. The van der Waals surface area contributed by atoms with Crippen LogP contribution in [0, 0.1) is 0 Å². The Kier molecular flexibility index (Phi) is 8.46. The second kappa shape index (κ2) is 14.3. The van der Waals surface area contributed by atoms with Crippen molar-refractivity contribution in [2.45, 2.75) is 58.3 Å². The molecule has 1 unspecified atom stereocenters. The zero-order valence-electron chi connectivity index (χ0n) is 38.7. The Morgan fingerprint density at radius 1 is 0.388 bits per heavy atom. The van der Waals surface area contributed by atoms with Crippen LogP contribution in [0.25, 0.3) is 82.0 Å². The Morgan fingerprint density at radius 3 is 1.51 bits per heavy atom. The first kappa shape index (κ1) is 39.5. The highest BCUT2D eigenvalue weighted by Crippen LogP contribution is 2.51. The summed E-state index contributed by atoms with van der Waals surface area (Å²) < 4.78 is 16.7. The number of benzene rings is 9. The first-order chi connectivity index (χ1) is 32.6. The third kappa shape index (κ3) is 5.78. The summed E-state index contributed by atoms with van der Waals surface area (Å²) in [6.07, 6.45) is 0. The van der Waals surface area contributed by atoms with E-state index in [1.54, 1.807) is 0 Å². The smallest absolute Gasteiger partial charge is 0.159 e. The zero-order valence-corrected chi connectivity index (χ0v) is 38.7. The number of aromatic nitrogens is 1. The van der Waals surface area contributed by atoms with Crippen molar-refractivity contribution in [1.29, 1.82) is 0 Å². The molecule has 13 aromatic rings. The SMILES string of the molecule is CC(C)(C)c1cccc2c1oc1c(C(c3ccccc3)c3cccc4c3c3cccc5c6c(N(c7ccccc7)c7cccc8c7oc7c(C(C)(C)C)cccc78)cccc6n4c35)cccc12. The molecule has 4 aromatic heterocycles. The number of para-hydroxylation sites is 6. The van der Waals surface area contributed by atoms with Crippen molar-refractivity contribution in [2.75, 3.05) is 4.90 Å². The summed E-state index contributed by atoms with van der Waals surface area (Å²) in [5.74, 6) is -0.100. The van der Waals surface area contributed by atoms with E-state index in [0.717, 1.165) is 72.0 Å². The topological polar surface area (TPSA) is 33.9 Å². The molecule has 4 heteroatoms. The Bertz CT molecular complexity index is 3800. The van der Waals surface area contributed by atoms with Gasteiger partial charge < -0.3 is 18.1 Å². The van der Waals surface area contributed by atoms with Gasteiger partial charge in [0.1, 0.15) is 16.7 Å². The van der Waals surface area contributed by atoms with Gasteiger partial charge in [-0.1, -0.05) is 193 Å². The number of nitrogens with zero attached hydrogens (tertiary/aromatic N) is 2. The Balaban J connectivity index is 1.08. The van der Waals surface area contributed by atoms with Crippen LogP contribution in [-0.4, -0.2) is 4.40 Å². The lowest BCUT2D eigenvalue weighted by Gasteiger charge is -2.26. The normalized spacial score (nSPS) is 13.2. The number of hydrogen-bond acceptors (Lipinski definition) is 3. The standard InChI is InChI=1S/C63H50N2O2/c1-62(2,3)48-32-15-25-41-40-24-13-31-47(58(40)66-59(41)48)54(38-20-9-7-10-21-38)44-28-18-34-50-55(44)45-29-14-30-46-56-51(35-19-36-52(56)65(50)57(45)46)64(39-22-11-8-12-23-39)53-37-17-27-43-42-26-16-33-49(63(4,5)6)60(42)67-61(43)53/h7-37,54H,1-6H3. The van der Waals surface area contributed by atoms with Gasteiger partial charge in [-0.25, -0.2) is 0 Å². The van der Waals surface area contributed by atoms with Crippen LogP contribution in [0.1, 0.15) is 75.3 Å². The van der Waals surface area contributed by atoms with E-state index in [4.69, 9.17) is 8.83 Å². The van der Waals surface area contributed by atoms with Gasteiger partial charge in [-0.05, 0) is 58.4 Å². The van der Waals surface area contributed by atoms with E-state index in [1.807, 2.05) is 0 Å². The fraction of sp³-hybridized carbons (Fsp3) is 0.143. The van der Waals surface area contributed by atoms with Gasteiger partial charge in [0, 0.05) is 71.4 Å². The lowest BCUT2D eigenvalue weighted by molar-refractivity contribution is 0.571. The van der Waals surface area contributed by atoms with Crippen LogP contribution in [0.3, 0.4) is 0 Å². The molecule has 324 valence electrons. The van der Waals surface area contributed by atoms with Crippen LogP contribution in [0.15, 0.2) is 197 Å². The maximum atomic E-state index is 7.10. The molecule has 0 saturated heterocycles. The Morgan fingerprint density at radius 2 is 0.851 bits per heavy atom. The minimum atomic E-state index is -0.100. The predicted octanol–water partition coefficient (Wildman–Crippen LogP) is 17.9. The summed E-state index contributed by atoms with van der Waals surface area (Å²) in [7, 11) is 0. The Hall–Kier alpha value is -7.82. The van der Waals surface area contributed by atoms with E-state index in [-0.39, 0.29) is 16.7 Å². The van der Waals surface area contributed by atoms with E-state index >= 15 is 0 Å². The van der Waals surface area contributed by atoms with Crippen molar-refractivity contribution in [3.8, 4) is 0 Å². The Labute approximate surface area is 389 Å². The van der Waals surface area contributed by atoms with Gasteiger partial charge in [-0.3, -0.25) is 0 Å². The molecule has 0 aliphatic carbocycles. The van der Waals surface area contributed by atoms with Crippen molar-refractivity contribution >= 4 is 99.0 Å². The van der Waals surface area contributed by atoms with Gasteiger partial charge in [0.25, 0.3) is 0 Å². The molecular weight excluding hydrogens is 817 g/mol. The average Bonchev–Trinajstić information content (AvgIpc) is 4.10. The zero-order chi connectivity index (χ0) is 45.3. The highest BCUT2D eigenvalue weighted by molar-refractivity contribution is 6.27.